The van der Waals surface area contributed by atoms with E-state index in [9.17, 15) is 0 Å². The standard InChI is InChI=1S/C22H21BO3/c1-21(2)22(3,4)26-23(25-21)15-10-12-17-18-11-9-14-7-5-6-8-16(14)20(18)24-19(17)13-15/h5-13H,1-4H3/i5D,6D,7D,8D,9D,11D. The SMILES string of the molecule is [2H]c1c([2H])c([2H])c2c(c1[2H])c([2H])c([2H])c1c3ccc(B4OC(C)(C)C(C)(C)O4)cc3oc21. The maximum Gasteiger partial charge on any atom is 0.494 e. The smallest absolute Gasteiger partial charge is 0.455 e. The molecule has 26 heavy (non-hydrogen) atoms. The van der Waals surface area contributed by atoms with Crippen LogP contribution in [-0.2, 0) is 9.31 Å². The molecule has 0 amide bonds. The lowest BCUT2D eigenvalue weighted by Crippen LogP contribution is -2.41. The van der Waals surface area contributed by atoms with E-state index < -0.39 is 30.4 Å². The summed E-state index contributed by atoms with van der Waals surface area (Å²) in [7, 11) is -0.603. The van der Waals surface area contributed by atoms with Crippen molar-refractivity contribution in [1.82, 2.24) is 0 Å². The van der Waals surface area contributed by atoms with Gasteiger partial charge in [-0.25, -0.2) is 0 Å². The molecule has 0 saturated carbocycles. The molecule has 1 aliphatic heterocycles. The Morgan fingerprint density at radius 1 is 0.846 bits per heavy atom. The van der Waals surface area contributed by atoms with Crippen molar-refractivity contribution in [2.45, 2.75) is 38.9 Å². The second kappa shape index (κ2) is 5.12. The second-order valence-corrected chi connectivity index (χ2v) is 7.65. The summed E-state index contributed by atoms with van der Waals surface area (Å²) >= 11 is 0. The van der Waals surface area contributed by atoms with Gasteiger partial charge in [0.15, 0.2) is 0 Å². The minimum absolute atomic E-state index is 0.0151. The van der Waals surface area contributed by atoms with Crippen LogP contribution in [0.25, 0.3) is 32.7 Å². The van der Waals surface area contributed by atoms with E-state index in [0.29, 0.717) is 16.4 Å². The first-order valence-electron chi connectivity index (χ1n) is 11.6. The fourth-order valence-electron chi connectivity index (χ4n) is 3.24. The number of rotatable bonds is 1. The molecule has 0 aliphatic carbocycles. The van der Waals surface area contributed by atoms with Gasteiger partial charge >= 0.3 is 7.12 Å². The maximum absolute atomic E-state index is 8.54. The third kappa shape index (κ3) is 2.16. The molecule has 3 aromatic carbocycles. The van der Waals surface area contributed by atoms with Crippen LogP contribution in [0.3, 0.4) is 0 Å². The molecule has 0 unspecified atom stereocenters. The Morgan fingerprint density at radius 3 is 2.35 bits per heavy atom. The Labute approximate surface area is 161 Å². The van der Waals surface area contributed by atoms with Crippen LogP contribution >= 0.6 is 0 Å². The van der Waals surface area contributed by atoms with Crippen molar-refractivity contribution in [2.24, 2.45) is 0 Å². The number of furan rings is 1. The summed E-state index contributed by atoms with van der Waals surface area (Å²) in [5.41, 5.74) is 0.330. The van der Waals surface area contributed by atoms with E-state index >= 15 is 0 Å². The van der Waals surface area contributed by atoms with Crippen molar-refractivity contribution in [3.63, 3.8) is 0 Å². The lowest BCUT2D eigenvalue weighted by molar-refractivity contribution is 0.00578. The first kappa shape index (κ1) is 10.8. The largest absolute Gasteiger partial charge is 0.494 e. The summed E-state index contributed by atoms with van der Waals surface area (Å²) in [4.78, 5) is 0. The van der Waals surface area contributed by atoms with E-state index in [4.69, 9.17) is 22.0 Å². The Hall–Kier alpha value is -2.30. The summed E-state index contributed by atoms with van der Waals surface area (Å²) in [6.45, 7) is 7.87. The molecular formula is C22H21BO3. The first-order valence-corrected chi connectivity index (χ1v) is 8.56. The normalized spacial score (nSPS) is 22.2. The second-order valence-electron chi connectivity index (χ2n) is 7.65. The Balaban J connectivity index is 1.81. The minimum atomic E-state index is -0.603. The van der Waals surface area contributed by atoms with Crippen molar-refractivity contribution in [3.8, 4) is 0 Å². The predicted octanol–water partition coefficient (Wildman–Crippen LogP) is 5.04. The summed E-state index contributed by atoms with van der Waals surface area (Å²) < 4.78 is 67.9. The van der Waals surface area contributed by atoms with Crippen molar-refractivity contribution in [2.75, 3.05) is 0 Å². The molecule has 130 valence electrons. The van der Waals surface area contributed by atoms with E-state index in [1.54, 1.807) is 12.1 Å². The molecule has 0 N–H and O–H groups in total. The van der Waals surface area contributed by atoms with Crippen molar-refractivity contribution in [1.29, 1.82) is 0 Å². The quantitative estimate of drug-likeness (QED) is 0.451. The third-order valence-electron chi connectivity index (χ3n) is 5.47. The van der Waals surface area contributed by atoms with Gasteiger partial charge in [0.25, 0.3) is 0 Å². The molecule has 0 bridgehead atoms. The monoisotopic (exact) mass is 350 g/mol. The molecule has 0 radical (unpaired) electrons. The predicted molar refractivity (Wildman–Crippen MR) is 107 cm³/mol. The lowest BCUT2D eigenvalue weighted by atomic mass is 9.79. The van der Waals surface area contributed by atoms with Crippen LogP contribution in [-0.4, -0.2) is 18.3 Å². The highest BCUT2D eigenvalue weighted by Gasteiger charge is 2.51. The van der Waals surface area contributed by atoms with Gasteiger partial charge in [0.2, 0.25) is 0 Å². The van der Waals surface area contributed by atoms with Gasteiger partial charge in [-0.15, -0.1) is 0 Å². The van der Waals surface area contributed by atoms with Gasteiger partial charge in [0, 0.05) is 16.2 Å². The summed E-state index contributed by atoms with van der Waals surface area (Å²) in [5, 5.41) is 1.04. The highest BCUT2D eigenvalue weighted by atomic mass is 16.7. The van der Waals surface area contributed by atoms with Gasteiger partial charge in [-0.05, 0) is 50.7 Å². The molecule has 5 rings (SSSR count). The van der Waals surface area contributed by atoms with Crippen LogP contribution < -0.4 is 5.46 Å². The molecule has 0 atom stereocenters. The van der Waals surface area contributed by atoms with Crippen LogP contribution in [0, 0.1) is 0 Å². The number of benzene rings is 3. The van der Waals surface area contributed by atoms with E-state index in [0.717, 1.165) is 5.46 Å². The summed E-state index contributed by atoms with van der Waals surface area (Å²) in [6, 6.07) is 3.50. The number of hydrogen-bond acceptors (Lipinski definition) is 3. The molecule has 1 saturated heterocycles. The zero-order chi connectivity index (χ0) is 23.3. The molecule has 1 aliphatic rings. The highest BCUT2D eigenvalue weighted by molar-refractivity contribution is 6.62. The topological polar surface area (TPSA) is 31.6 Å². The van der Waals surface area contributed by atoms with E-state index in [-0.39, 0.29) is 40.5 Å². The molecule has 1 fully saturated rings. The molecule has 4 aromatic rings. The van der Waals surface area contributed by atoms with Crippen LogP contribution in [0.5, 0.6) is 0 Å². The van der Waals surface area contributed by atoms with Crippen LogP contribution in [0.4, 0.5) is 0 Å². The van der Waals surface area contributed by atoms with Crippen LogP contribution in [0.2, 0.25) is 0 Å². The molecule has 2 heterocycles. The number of fused-ring (bicyclic) bond motifs is 5. The van der Waals surface area contributed by atoms with Gasteiger partial charge < -0.3 is 13.7 Å². The average molecular weight is 350 g/mol. The summed E-state index contributed by atoms with van der Waals surface area (Å²) in [5.74, 6) is 0. The maximum atomic E-state index is 8.54. The third-order valence-corrected chi connectivity index (χ3v) is 5.47. The molecule has 0 spiro atoms. The lowest BCUT2D eigenvalue weighted by Gasteiger charge is -2.32. The van der Waals surface area contributed by atoms with Gasteiger partial charge in [-0.3, -0.25) is 0 Å². The van der Waals surface area contributed by atoms with Crippen molar-refractivity contribution < 1.29 is 22.0 Å². The molecular weight excluding hydrogens is 323 g/mol. The average Bonchev–Trinajstić information content (AvgIpc) is 3.20. The van der Waals surface area contributed by atoms with E-state index in [2.05, 4.69) is 0 Å². The van der Waals surface area contributed by atoms with Gasteiger partial charge in [-0.2, -0.15) is 0 Å². The first-order chi connectivity index (χ1) is 14.9. The molecule has 4 heteroatoms. The van der Waals surface area contributed by atoms with Crippen LogP contribution in [0.1, 0.15) is 35.9 Å². The fourth-order valence-corrected chi connectivity index (χ4v) is 3.24. The Bertz CT molecular complexity index is 1440. The zero-order valence-electron chi connectivity index (χ0n) is 21.0. The minimum Gasteiger partial charge on any atom is -0.455 e. The Kier molecular flexibility index (Phi) is 2.12. The van der Waals surface area contributed by atoms with E-state index in [1.165, 1.54) is 0 Å². The van der Waals surface area contributed by atoms with Crippen molar-refractivity contribution in [3.05, 3.63) is 54.5 Å². The molecule has 1 aromatic heterocycles. The van der Waals surface area contributed by atoms with Crippen molar-refractivity contribution >= 4 is 45.3 Å². The van der Waals surface area contributed by atoms with Crippen LogP contribution in [0.15, 0.2) is 58.9 Å². The summed E-state index contributed by atoms with van der Waals surface area (Å²) in [6.07, 6.45) is 0. The molecule has 3 nitrogen and oxygen atoms in total. The number of hydrogen-bond donors (Lipinski definition) is 0. The van der Waals surface area contributed by atoms with Gasteiger partial charge in [0.05, 0.1) is 19.4 Å². The fraction of sp³-hybridized carbons (Fsp3) is 0.273. The van der Waals surface area contributed by atoms with Gasteiger partial charge in [-0.1, -0.05) is 42.3 Å². The highest BCUT2D eigenvalue weighted by Crippen LogP contribution is 2.37. The Morgan fingerprint density at radius 2 is 1.58 bits per heavy atom. The van der Waals surface area contributed by atoms with E-state index in [1.807, 2.05) is 33.8 Å². The zero-order valence-corrected chi connectivity index (χ0v) is 15.0. The van der Waals surface area contributed by atoms with Gasteiger partial charge in [0.1, 0.15) is 11.2 Å².